The number of rotatable bonds is 6. The van der Waals surface area contributed by atoms with Gasteiger partial charge in [-0.2, -0.15) is 0 Å². The summed E-state index contributed by atoms with van der Waals surface area (Å²) in [6, 6.07) is 1.73. The highest BCUT2D eigenvalue weighted by Gasteiger charge is 2.40. The molecule has 2 heterocycles. The summed E-state index contributed by atoms with van der Waals surface area (Å²) in [6.07, 6.45) is 4.09. The van der Waals surface area contributed by atoms with E-state index in [9.17, 15) is 9.90 Å². The van der Waals surface area contributed by atoms with Gasteiger partial charge in [-0.05, 0) is 25.3 Å². The first-order chi connectivity index (χ1) is 10.00. The van der Waals surface area contributed by atoms with Crippen LogP contribution in [-0.4, -0.2) is 25.6 Å². The van der Waals surface area contributed by atoms with Crippen LogP contribution in [0.5, 0.6) is 0 Å². The molecule has 0 aromatic carbocycles. The van der Waals surface area contributed by atoms with E-state index < -0.39 is 11.5 Å². The predicted octanol–water partition coefficient (Wildman–Crippen LogP) is 3.64. The lowest BCUT2D eigenvalue weighted by Crippen LogP contribution is -2.42. The lowest BCUT2D eigenvalue weighted by Gasteiger charge is -2.30. The number of aromatic nitrogens is 3. The lowest BCUT2D eigenvalue weighted by atomic mass is 9.92. The Bertz CT molecular complexity index is 662. The number of fused-ring (bicyclic) bond motifs is 1. The molecular formula is C15H20ClN3O2. The maximum atomic E-state index is 11.9. The quantitative estimate of drug-likeness (QED) is 0.884. The molecule has 2 rings (SSSR count). The Labute approximate surface area is 129 Å². The number of imidazole rings is 1. The number of halogens is 1. The third kappa shape index (κ3) is 2.50. The molecule has 0 aliphatic carbocycles. The van der Waals surface area contributed by atoms with Gasteiger partial charge in [0.05, 0.1) is 5.02 Å². The van der Waals surface area contributed by atoms with Gasteiger partial charge in [0.15, 0.2) is 5.65 Å². The van der Waals surface area contributed by atoms with Crippen molar-refractivity contribution in [1.82, 2.24) is 14.5 Å². The highest BCUT2D eigenvalue weighted by molar-refractivity contribution is 6.31. The zero-order valence-electron chi connectivity index (χ0n) is 12.6. The Balaban J connectivity index is 2.80. The van der Waals surface area contributed by atoms with Gasteiger partial charge in [0, 0.05) is 12.6 Å². The number of aryl methyl sites for hydroxylation is 1. The predicted molar refractivity (Wildman–Crippen MR) is 82.7 cm³/mol. The summed E-state index contributed by atoms with van der Waals surface area (Å²) >= 11 is 5.97. The minimum Gasteiger partial charge on any atom is -0.479 e. The second-order valence-corrected chi connectivity index (χ2v) is 5.59. The molecule has 0 atom stereocenters. The molecule has 0 amide bonds. The molecule has 0 saturated heterocycles. The third-order valence-corrected chi connectivity index (χ3v) is 4.21. The van der Waals surface area contributed by atoms with Gasteiger partial charge in [-0.15, -0.1) is 0 Å². The van der Waals surface area contributed by atoms with Gasteiger partial charge in [-0.3, -0.25) is 4.57 Å². The van der Waals surface area contributed by atoms with Crippen molar-refractivity contribution in [2.24, 2.45) is 0 Å². The molecule has 0 unspecified atom stereocenters. The van der Waals surface area contributed by atoms with Crippen LogP contribution in [0.15, 0.2) is 12.3 Å². The number of hydrogen-bond donors (Lipinski definition) is 1. The molecule has 114 valence electrons. The Kier molecular flexibility index (Phi) is 4.52. The molecule has 6 heteroatoms. The van der Waals surface area contributed by atoms with Crippen LogP contribution in [0.4, 0.5) is 0 Å². The van der Waals surface area contributed by atoms with Crippen molar-refractivity contribution in [3.8, 4) is 0 Å². The van der Waals surface area contributed by atoms with E-state index in [1.165, 1.54) is 6.20 Å². The van der Waals surface area contributed by atoms with Crippen LogP contribution in [0.1, 0.15) is 45.9 Å². The topological polar surface area (TPSA) is 68.0 Å². The van der Waals surface area contributed by atoms with Crippen molar-refractivity contribution in [3.63, 3.8) is 0 Å². The first-order valence-electron chi connectivity index (χ1n) is 7.26. The number of carboxylic acids is 1. The van der Waals surface area contributed by atoms with Gasteiger partial charge in [0.1, 0.15) is 16.9 Å². The first kappa shape index (κ1) is 15.8. The van der Waals surface area contributed by atoms with Gasteiger partial charge >= 0.3 is 5.97 Å². The highest BCUT2D eigenvalue weighted by Crippen LogP contribution is 2.32. The zero-order chi connectivity index (χ0) is 15.6. The number of pyridine rings is 1. The van der Waals surface area contributed by atoms with Crippen LogP contribution in [0, 0.1) is 0 Å². The Morgan fingerprint density at radius 3 is 2.57 bits per heavy atom. The van der Waals surface area contributed by atoms with Crippen molar-refractivity contribution in [2.45, 2.75) is 52.0 Å². The second-order valence-electron chi connectivity index (χ2n) is 5.15. The third-order valence-electron chi connectivity index (χ3n) is 4.00. The smallest absolute Gasteiger partial charge is 0.329 e. The summed E-state index contributed by atoms with van der Waals surface area (Å²) in [5.41, 5.74) is 0.229. The average molecular weight is 310 g/mol. The van der Waals surface area contributed by atoms with E-state index in [4.69, 9.17) is 11.6 Å². The molecule has 0 saturated carbocycles. The fourth-order valence-corrected chi connectivity index (χ4v) is 2.94. The molecule has 0 spiro atoms. The van der Waals surface area contributed by atoms with E-state index in [1.807, 2.05) is 20.8 Å². The summed E-state index contributed by atoms with van der Waals surface area (Å²) in [6.45, 7) is 5.81. The molecule has 2 aromatic heterocycles. The van der Waals surface area contributed by atoms with E-state index in [2.05, 4.69) is 9.97 Å². The van der Waals surface area contributed by atoms with E-state index in [0.717, 1.165) is 12.2 Å². The van der Waals surface area contributed by atoms with E-state index in [1.54, 1.807) is 10.6 Å². The summed E-state index contributed by atoms with van der Waals surface area (Å²) in [5, 5.41) is 10.3. The molecule has 0 fully saturated rings. The van der Waals surface area contributed by atoms with E-state index >= 15 is 0 Å². The largest absolute Gasteiger partial charge is 0.479 e. The molecule has 0 aliphatic heterocycles. The Hall–Kier alpha value is -1.62. The van der Waals surface area contributed by atoms with Gasteiger partial charge in [0.2, 0.25) is 0 Å². The molecule has 0 bridgehead atoms. The average Bonchev–Trinajstić information content (AvgIpc) is 2.79. The summed E-state index contributed by atoms with van der Waals surface area (Å²) in [5.74, 6) is -0.0886. The van der Waals surface area contributed by atoms with Crippen LogP contribution < -0.4 is 0 Å². The summed E-state index contributed by atoms with van der Waals surface area (Å²) < 4.78 is 1.80. The molecule has 1 N–H and O–H groups in total. The molecular weight excluding hydrogens is 290 g/mol. The zero-order valence-corrected chi connectivity index (χ0v) is 13.3. The fourth-order valence-electron chi connectivity index (χ4n) is 2.79. The van der Waals surface area contributed by atoms with Crippen LogP contribution >= 0.6 is 11.6 Å². The maximum absolute atomic E-state index is 11.9. The van der Waals surface area contributed by atoms with Gasteiger partial charge in [-0.25, -0.2) is 14.8 Å². The molecule has 0 radical (unpaired) electrons. The van der Waals surface area contributed by atoms with Gasteiger partial charge in [0.25, 0.3) is 0 Å². The molecule has 21 heavy (non-hydrogen) atoms. The minimum atomic E-state index is -1.01. The number of hydrogen-bond acceptors (Lipinski definition) is 3. The monoisotopic (exact) mass is 309 g/mol. The van der Waals surface area contributed by atoms with Crippen molar-refractivity contribution in [1.29, 1.82) is 0 Å². The van der Waals surface area contributed by atoms with Crippen molar-refractivity contribution in [2.75, 3.05) is 0 Å². The van der Waals surface area contributed by atoms with Crippen LogP contribution in [-0.2, 0) is 16.8 Å². The van der Waals surface area contributed by atoms with Crippen LogP contribution in [0.25, 0.3) is 11.2 Å². The van der Waals surface area contributed by atoms with Crippen LogP contribution in [0.3, 0.4) is 0 Å². The molecule has 5 nitrogen and oxygen atoms in total. The molecule has 0 aliphatic rings. The Morgan fingerprint density at radius 1 is 1.38 bits per heavy atom. The van der Waals surface area contributed by atoms with Crippen LogP contribution in [0.2, 0.25) is 5.02 Å². The highest BCUT2D eigenvalue weighted by atomic mass is 35.5. The van der Waals surface area contributed by atoms with Gasteiger partial charge < -0.3 is 5.11 Å². The van der Waals surface area contributed by atoms with E-state index in [0.29, 0.717) is 35.4 Å². The number of carbonyl (C=O) groups is 1. The normalized spacial score (nSPS) is 12.0. The number of aliphatic carboxylic acids is 1. The number of nitrogens with zero attached hydrogens (tertiary/aromatic N) is 3. The number of carboxylic acid groups (broad SMARTS) is 1. The SMILES string of the molecule is CCCc1nc2cc(Cl)cnc2n1C(CC)(CC)C(=O)O. The van der Waals surface area contributed by atoms with Crippen molar-refractivity contribution in [3.05, 3.63) is 23.1 Å². The van der Waals surface area contributed by atoms with Gasteiger partial charge in [-0.1, -0.05) is 32.4 Å². The Morgan fingerprint density at radius 2 is 2.05 bits per heavy atom. The maximum Gasteiger partial charge on any atom is 0.329 e. The fraction of sp³-hybridized carbons (Fsp3) is 0.533. The first-order valence-corrected chi connectivity index (χ1v) is 7.64. The van der Waals surface area contributed by atoms with Crippen molar-refractivity contribution < 1.29 is 9.90 Å². The standard InChI is InChI=1S/C15H20ClN3O2/c1-4-7-12-18-11-8-10(16)9-17-13(11)19(12)15(5-2,6-3)14(20)21/h8-9H,4-7H2,1-3H3,(H,20,21). The molecule has 2 aromatic rings. The minimum absolute atomic E-state index is 0.477. The lowest BCUT2D eigenvalue weighted by molar-refractivity contribution is -0.148. The second kappa shape index (κ2) is 6.02. The van der Waals surface area contributed by atoms with E-state index in [-0.39, 0.29) is 0 Å². The summed E-state index contributed by atoms with van der Waals surface area (Å²) in [4.78, 5) is 20.8. The van der Waals surface area contributed by atoms with Crippen molar-refractivity contribution >= 4 is 28.7 Å². The summed E-state index contributed by atoms with van der Waals surface area (Å²) in [7, 11) is 0.